The van der Waals surface area contributed by atoms with Gasteiger partial charge in [-0.25, -0.2) is 0 Å². The number of benzene rings is 1. The molecule has 0 aromatic heterocycles. The first-order valence-electron chi connectivity index (χ1n) is 6.35. The van der Waals surface area contributed by atoms with Crippen molar-refractivity contribution in [2.45, 2.75) is 13.0 Å². The molecule has 1 aliphatic heterocycles. The molecule has 94 valence electrons. The molecule has 0 unspecified atom stereocenters. The monoisotopic (exact) mass is 255 g/mol. The standard InChI is InChI=1S/C13H20ClN3/c1-11(10-15)16-5-7-17(8-6-16)13-4-2-3-12(14)9-13/h2-4,9,11H,5-8,10,15H2,1H3/p+2/t11-/m0/s1. The van der Waals surface area contributed by atoms with E-state index in [2.05, 4.69) is 29.7 Å². The van der Waals surface area contributed by atoms with Crippen molar-refractivity contribution in [3.05, 3.63) is 29.3 Å². The summed E-state index contributed by atoms with van der Waals surface area (Å²) < 4.78 is 0. The molecule has 3 nitrogen and oxygen atoms in total. The summed E-state index contributed by atoms with van der Waals surface area (Å²) in [5.74, 6) is 0. The lowest BCUT2D eigenvalue weighted by atomic mass is 10.2. The van der Waals surface area contributed by atoms with Gasteiger partial charge in [0.2, 0.25) is 0 Å². The predicted molar refractivity (Wildman–Crippen MR) is 71.6 cm³/mol. The number of anilines is 1. The van der Waals surface area contributed by atoms with Gasteiger partial charge >= 0.3 is 0 Å². The first-order valence-corrected chi connectivity index (χ1v) is 6.73. The Hall–Kier alpha value is -0.770. The second-order valence-electron chi connectivity index (χ2n) is 4.81. The second kappa shape index (κ2) is 5.71. The highest BCUT2D eigenvalue weighted by Crippen LogP contribution is 2.19. The van der Waals surface area contributed by atoms with Crippen LogP contribution in [0.25, 0.3) is 0 Å². The summed E-state index contributed by atoms with van der Waals surface area (Å²) in [5, 5.41) is 0.823. The van der Waals surface area contributed by atoms with Gasteiger partial charge in [0.05, 0.1) is 26.2 Å². The Morgan fingerprint density at radius 2 is 2.12 bits per heavy atom. The third-order valence-corrected chi connectivity index (χ3v) is 3.94. The molecule has 17 heavy (non-hydrogen) atoms. The molecule has 1 saturated heterocycles. The summed E-state index contributed by atoms with van der Waals surface area (Å²) in [6, 6.07) is 8.82. The number of hydrogen-bond acceptors (Lipinski definition) is 1. The minimum absolute atomic E-state index is 0.677. The van der Waals surface area contributed by atoms with Crippen LogP contribution >= 0.6 is 11.6 Å². The number of nitrogens with zero attached hydrogens (tertiary/aromatic N) is 1. The van der Waals surface area contributed by atoms with Crippen LogP contribution < -0.4 is 15.5 Å². The minimum atomic E-state index is 0.677. The van der Waals surface area contributed by atoms with Gasteiger partial charge in [-0.15, -0.1) is 0 Å². The largest absolute Gasteiger partial charge is 0.360 e. The molecule has 4 heteroatoms. The Morgan fingerprint density at radius 1 is 1.41 bits per heavy atom. The molecule has 0 bridgehead atoms. The van der Waals surface area contributed by atoms with Crippen molar-refractivity contribution >= 4 is 17.3 Å². The van der Waals surface area contributed by atoms with Crippen molar-refractivity contribution in [1.82, 2.24) is 0 Å². The van der Waals surface area contributed by atoms with Gasteiger partial charge in [0, 0.05) is 10.7 Å². The maximum atomic E-state index is 6.03. The van der Waals surface area contributed by atoms with Crippen LogP contribution in [0.2, 0.25) is 5.02 Å². The minimum Gasteiger partial charge on any atom is -0.360 e. The number of hydrogen-bond donors (Lipinski definition) is 2. The van der Waals surface area contributed by atoms with Gasteiger partial charge in [0.15, 0.2) is 0 Å². The number of piperazine rings is 1. The average Bonchev–Trinajstić information content (AvgIpc) is 2.38. The molecular weight excluding hydrogens is 234 g/mol. The first-order chi connectivity index (χ1) is 8.20. The van der Waals surface area contributed by atoms with E-state index in [4.69, 9.17) is 11.6 Å². The van der Waals surface area contributed by atoms with Gasteiger partial charge in [-0.1, -0.05) is 17.7 Å². The Morgan fingerprint density at radius 3 is 2.71 bits per heavy atom. The van der Waals surface area contributed by atoms with Gasteiger partial charge in [-0.05, 0) is 25.1 Å². The quantitative estimate of drug-likeness (QED) is 0.763. The van der Waals surface area contributed by atoms with E-state index in [0.29, 0.717) is 6.04 Å². The molecule has 1 aromatic rings. The van der Waals surface area contributed by atoms with Crippen LogP contribution in [-0.4, -0.2) is 38.8 Å². The highest BCUT2D eigenvalue weighted by molar-refractivity contribution is 6.30. The SMILES string of the molecule is C[C@@H](C[NH3+])[NH+]1CCN(c2cccc(Cl)c2)CC1. The van der Waals surface area contributed by atoms with Crippen LogP contribution in [0.4, 0.5) is 5.69 Å². The third kappa shape index (κ3) is 3.12. The van der Waals surface area contributed by atoms with Crippen LogP contribution in [0.5, 0.6) is 0 Å². The lowest BCUT2D eigenvalue weighted by molar-refractivity contribution is -0.929. The summed E-state index contributed by atoms with van der Waals surface area (Å²) in [7, 11) is 0. The van der Waals surface area contributed by atoms with Crippen LogP contribution in [0, 0.1) is 0 Å². The highest BCUT2D eigenvalue weighted by atomic mass is 35.5. The Labute approximate surface area is 108 Å². The molecule has 1 aliphatic rings. The summed E-state index contributed by atoms with van der Waals surface area (Å²) in [4.78, 5) is 4.10. The fourth-order valence-corrected chi connectivity index (χ4v) is 2.61. The van der Waals surface area contributed by atoms with Crippen LogP contribution in [0.3, 0.4) is 0 Å². The Balaban J connectivity index is 1.95. The van der Waals surface area contributed by atoms with E-state index in [9.17, 15) is 0 Å². The van der Waals surface area contributed by atoms with Crippen molar-refractivity contribution in [2.75, 3.05) is 37.6 Å². The molecule has 0 radical (unpaired) electrons. The fraction of sp³-hybridized carbons (Fsp3) is 0.538. The molecule has 0 saturated carbocycles. The molecule has 1 atom stereocenters. The van der Waals surface area contributed by atoms with E-state index in [1.807, 2.05) is 12.1 Å². The average molecular weight is 256 g/mol. The smallest absolute Gasteiger partial charge is 0.134 e. The topological polar surface area (TPSA) is 35.3 Å². The van der Waals surface area contributed by atoms with Crippen LogP contribution in [-0.2, 0) is 0 Å². The van der Waals surface area contributed by atoms with E-state index < -0.39 is 0 Å². The normalized spacial score (nSPS) is 19.4. The van der Waals surface area contributed by atoms with E-state index in [1.54, 1.807) is 4.90 Å². The number of halogens is 1. The van der Waals surface area contributed by atoms with Crippen LogP contribution in [0.15, 0.2) is 24.3 Å². The molecular formula is C13H22ClN3+2. The van der Waals surface area contributed by atoms with E-state index in [0.717, 1.165) is 24.7 Å². The second-order valence-corrected chi connectivity index (χ2v) is 5.25. The van der Waals surface area contributed by atoms with Crippen molar-refractivity contribution in [2.24, 2.45) is 0 Å². The molecule has 1 fully saturated rings. The maximum absolute atomic E-state index is 6.03. The number of quaternary nitrogens is 2. The van der Waals surface area contributed by atoms with E-state index >= 15 is 0 Å². The molecule has 0 spiro atoms. The number of rotatable bonds is 3. The van der Waals surface area contributed by atoms with E-state index in [1.165, 1.54) is 18.8 Å². The lowest BCUT2D eigenvalue weighted by Crippen LogP contribution is -3.19. The van der Waals surface area contributed by atoms with Crippen molar-refractivity contribution in [3.8, 4) is 0 Å². The zero-order chi connectivity index (χ0) is 12.3. The zero-order valence-electron chi connectivity index (χ0n) is 10.5. The molecule has 0 amide bonds. The maximum Gasteiger partial charge on any atom is 0.134 e. The number of nitrogens with one attached hydrogen (secondary N) is 1. The summed E-state index contributed by atoms with van der Waals surface area (Å²) in [5.41, 5.74) is 5.25. The molecule has 4 N–H and O–H groups in total. The molecule has 0 aliphatic carbocycles. The summed E-state index contributed by atoms with van der Waals surface area (Å²) in [6.45, 7) is 7.93. The van der Waals surface area contributed by atoms with Crippen molar-refractivity contribution < 1.29 is 10.6 Å². The van der Waals surface area contributed by atoms with Gasteiger partial charge < -0.3 is 15.5 Å². The third-order valence-electron chi connectivity index (χ3n) is 3.71. The zero-order valence-corrected chi connectivity index (χ0v) is 11.2. The van der Waals surface area contributed by atoms with Crippen LogP contribution in [0.1, 0.15) is 6.92 Å². The van der Waals surface area contributed by atoms with Gasteiger partial charge in [0.25, 0.3) is 0 Å². The van der Waals surface area contributed by atoms with Crippen molar-refractivity contribution in [3.63, 3.8) is 0 Å². The first kappa shape index (κ1) is 12.7. The van der Waals surface area contributed by atoms with Gasteiger partial charge in [0.1, 0.15) is 12.6 Å². The lowest BCUT2D eigenvalue weighted by Gasteiger charge is -2.35. The fourth-order valence-electron chi connectivity index (χ4n) is 2.42. The van der Waals surface area contributed by atoms with Gasteiger partial charge in [-0.2, -0.15) is 0 Å². The van der Waals surface area contributed by atoms with Crippen molar-refractivity contribution in [1.29, 1.82) is 0 Å². The molecule has 2 rings (SSSR count). The Bertz CT molecular complexity index is 361. The highest BCUT2D eigenvalue weighted by Gasteiger charge is 2.24. The predicted octanol–water partition coefficient (Wildman–Crippen LogP) is -0.325. The molecule has 1 heterocycles. The Kier molecular flexibility index (Phi) is 4.26. The van der Waals surface area contributed by atoms with Gasteiger partial charge in [-0.3, -0.25) is 0 Å². The summed E-state index contributed by atoms with van der Waals surface area (Å²) >= 11 is 6.03. The summed E-state index contributed by atoms with van der Waals surface area (Å²) in [6.07, 6.45) is 0. The molecule has 1 aromatic carbocycles. The van der Waals surface area contributed by atoms with E-state index in [-0.39, 0.29) is 0 Å².